The van der Waals surface area contributed by atoms with Crippen LogP contribution >= 0.6 is 15.9 Å². The van der Waals surface area contributed by atoms with Gasteiger partial charge in [-0.05, 0) is 85.9 Å². The molecule has 4 rings (SSSR count). The number of halogens is 1. The molecule has 2 nitrogen and oxygen atoms in total. The molecule has 0 saturated heterocycles. The van der Waals surface area contributed by atoms with E-state index in [9.17, 15) is 5.11 Å². The van der Waals surface area contributed by atoms with Crippen LogP contribution in [0.25, 0.3) is 0 Å². The summed E-state index contributed by atoms with van der Waals surface area (Å²) in [5.41, 5.74) is 0.916. The van der Waals surface area contributed by atoms with E-state index in [2.05, 4.69) is 29.8 Å². The maximum atomic E-state index is 10.1. The Hall–Kier alpha value is 0.400. The Kier molecular flexibility index (Phi) is 4.84. The molecule has 4 fully saturated rings. The molecule has 1 N–H and O–H groups in total. The SMILES string of the molecule is C[C@@]12CCC[C@H]1[C@@H]1CC[C@H]3CCCC(OC(O)CBr)[C@]3(C)[C@H]1CC2. The van der Waals surface area contributed by atoms with Crippen LogP contribution in [0.1, 0.15) is 78.1 Å². The van der Waals surface area contributed by atoms with Crippen LogP contribution in [-0.4, -0.2) is 22.8 Å². The standard InChI is InChI=1S/C21H35BrO2/c1-20-11-4-6-16(20)15-9-8-14-5-3-7-18(24-19(23)13-22)21(14,2)17(15)10-12-20/h14-19,23H,3-13H2,1-2H3/t14-,15+,16+,17+,18?,19?,20+,21+/m1/s1. The van der Waals surface area contributed by atoms with Crippen molar-refractivity contribution < 1.29 is 9.84 Å². The average molecular weight is 399 g/mol. The summed E-state index contributed by atoms with van der Waals surface area (Å²) in [6.45, 7) is 5.12. The highest BCUT2D eigenvalue weighted by Gasteiger charge is 2.60. The first-order valence-electron chi connectivity index (χ1n) is 10.4. The number of ether oxygens (including phenoxy) is 1. The molecule has 0 radical (unpaired) electrons. The molecular weight excluding hydrogens is 364 g/mol. The fraction of sp³-hybridized carbons (Fsp3) is 1.00. The first kappa shape index (κ1) is 17.8. The molecule has 8 atom stereocenters. The monoisotopic (exact) mass is 398 g/mol. The molecule has 24 heavy (non-hydrogen) atoms. The number of hydrogen-bond donors (Lipinski definition) is 1. The van der Waals surface area contributed by atoms with Crippen molar-refractivity contribution in [1.29, 1.82) is 0 Å². The lowest BCUT2D eigenvalue weighted by molar-refractivity contribution is -0.223. The summed E-state index contributed by atoms with van der Waals surface area (Å²) < 4.78 is 6.21. The van der Waals surface area contributed by atoms with Crippen molar-refractivity contribution in [1.82, 2.24) is 0 Å². The summed E-state index contributed by atoms with van der Waals surface area (Å²) in [6, 6.07) is 0. The highest BCUT2D eigenvalue weighted by Crippen LogP contribution is 2.66. The highest BCUT2D eigenvalue weighted by molar-refractivity contribution is 9.09. The molecule has 0 spiro atoms. The first-order chi connectivity index (χ1) is 11.5. The topological polar surface area (TPSA) is 29.5 Å². The lowest BCUT2D eigenvalue weighted by Gasteiger charge is -2.62. The molecule has 3 heteroatoms. The van der Waals surface area contributed by atoms with Gasteiger partial charge in [0, 0.05) is 0 Å². The van der Waals surface area contributed by atoms with Crippen molar-refractivity contribution in [3.05, 3.63) is 0 Å². The maximum Gasteiger partial charge on any atom is 0.164 e. The fourth-order valence-electron chi connectivity index (χ4n) is 7.72. The van der Waals surface area contributed by atoms with Crippen LogP contribution in [0.4, 0.5) is 0 Å². The van der Waals surface area contributed by atoms with Gasteiger partial charge in [0.2, 0.25) is 0 Å². The number of fused-ring (bicyclic) bond motifs is 5. The van der Waals surface area contributed by atoms with Gasteiger partial charge < -0.3 is 9.84 Å². The van der Waals surface area contributed by atoms with E-state index in [1.165, 1.54) is 57.8 Å². The summed E-state index contributed by atoms with van der Waals surface area (Å²) in [5.74, 6) is 3.50. The van der Waals surface area contributed by atoms with Crippen molar-refractivity contribution in [2.45, 2.75) is 90.4 Å². The summed E-state index contributed by atoms with van der Waals surface area (Å²) in [7, 11) is 0. The minimum absolute atomic E-state index is 0.252. The first-order valence-corrected chi connectivity index (χ1v) is 11.5. The third-order valence-corrected chi connectivity index (χ3v) is 9.47. The predicted molar refractivity (Wildman–Crippen MR) is 101 cm³/mol. The number of hydrogen-bond acceptors (Lipinski definition) is 2. The molecule has 0 aromatic carbocycles. The zero-order valence-electron chi connectivity index (χ0n) is 15.5. The summed E-state index contributed by atoms with van der Waals surface area (Å²) in [6.07, 6.45) is 13.5. The molecule has 2 unspecified atom stereocenters. The van der Waals surface area contributed by atoms with Gasteiger partial charge in [-0.15, -0.1) is 0 Å². The van der Waals surface area contributed by atoms with Gasteiger partial charge in [-0.3, -0.25) is 0 Å². The van der Waals surface area contributed by atoms with E-state index in [1.54, 1.807) is 0 Å². The van der Waals surface area contributed by atoms with E-state index in [0.717, 1.165) is 30.1 Å². The van der Waals surface area contributed by atoms with Crippen molar-refractivity contribution >= 4 is 15.9 Å². The molecule has 0 bridgehead atoms. The van der Waals surface area contributed by atoms with Crippen LogP contribution < -0.4 is 0 Å². The number of rotatable bonds is 3. The number of alkyl halides is 1. The van der Waals surface area contributed by atoms with Crippen LogP contribution in [0.5, 0.6) is 0 Å². The molecule has 0 heterocycles. The Labute approximate surface area is 156 Å². The summed E-state index contributed by atoms with van der Waals surface area (Å²) in [4.78, 5) is 0. The van der Waals surface area contributed by atoms with E-state index >= 15 is 0 Å². The third-order valence-electron chi connectivity index (χ3n) is 8.91. The number of aliphatic hydroxyl groups excluding tert-OH is 1. The number of aliphatic hydroxyl groups is 1. The molecule has 138 valence electrons. The summed E-state index contributed by atoms with van der Waals surface area (Å²) in [5, 5.41) is 10.7. The van der Waals surface area contributed by atoms with Crippen LogP contribution in [-0.2, 0) is 4.74 Å². The lowest BCUT2D eigenvalue weighted by atomic mass is 9.44. The average Bonchev–Trinajstić information content (AvgIpc) is 2.97. The highest BCUT2D eigenvalue weighted by atomic mass is 79.9. The Morgan fingerprint density at radius 2 is 1.83 bits per heavy atom. The Morgan fingerprint density at radius 3 is 2.62 bits per heavy atom. The largest absolute Gasteiger partial charge is 0.367 e. The normalized spacial score (nSPS) is 52.2. The van der Waals surface area contributed by atoms with Gasteiger partial charge in [-0.25, -0.2) is 0 Å². The quantitative estimate of drug-likeness (QED) is 0.500. The van der Waals surface area contributed by atoms with Gasteiger partial charge >= 0.3 is 0 Å². The van der Waals surface area contributed by atoms with E-state index < -0.39 is 6.29 Å². The second-order valence-corrected chi connectivity index (χ2v) is 10.4. The van der Waals surface area contributed by atoms with Crippen molar-refractivity contribution in [2.24, 2.45) is 34.5 Å². The maximum absolute atomic E-state index is 10.1. The Balaban J connectivity index is 1.62. The van der Waals surface area contributed by atoms with Gasteiger partial charge in [0.05, 0.1) is 11.4 Å². The third kappa shape index (κ3) is 2.63. The van der Waals surface area contributed by atoms with Gasteiger partial charge in [0.25, 0.3) is 0 Å². The molecule has 4 saturated carbocycles. The van der Waals surface area contributed by atoms with E-state index in [0.29, 0.717) is 10.7 Å². The second-order valence-electron chi connectivity index (χ2n) is 9.77. The van der Waals surface area contributed by atoms with E-state index in [1.807, 2.05) is 0 Å². The van der Waals surface area contributed by atoms with E-state index in [4.69, 9.17) is 4.74 Å². The Morgan fingerprint density at radius 1 is 1.00 bits per heavy atom. The second kappa shape index (κ2) is 6.53. The van der Waals surface area contributed by atoms with Crippen LogP contribution in [0, 0.1) is 34.5 Å². The minimum atomic E-state index is -0.647. The van der Waals surface area contributed by atoms with Crippen LogP contribution in [0.2, 0.25) is 0 Å². The molecule has 4 aliphatic carbocycles. The van der Waals surface area contributed by atoms with Crippen LogP contribution in [0.3, 0.4) is 0 Å². The summed E-state index contributed by atoms with van der Waals surface area (Å²) >= 11 is 3.39. The molecule has 0 amide bonds. The molecule has 0 aromatic heterocycles. The molecular formula is C21H35BrO2. The van der Waals surface area contributed by atoms with Gasteiger partial charge in [0.1, 0.15) is 0 Å². The zero-order chi connectivity index (χ0) is 16.9. The minimum Gasteiger partial charge on any atom is -0.367 e. The predicted octanol–water partition coefficient (Wildman–Crippen LogP) is 5.52. The Bertz CT molecular complexity index is 469. The molecule has 4 aliphatic rings. The lowest BCUT2D eigenvalue weighted by Crippen LogP contribution is -2.58. The fourth-order valence-corrected chi connectivity index (χ4v) is 7.87. The van der Waals surface area contributed by atoms with Gasteiger partial charge in [0.15, 0.2) is 6.29 Å². The van der Waals surface area contributed by atoms with Crippen molar-refractivity contribution in [2.75, 3.05) is 5.33 Å². The van der Waals surface area contributed by atoms with Crippen molar-refractivity contribution in [3.8, 4) is 0 Å². The van der Waals surface area contributed by atoms with Gasteiger partial charge in [-0.2, -0.15) is 0 Å². The van der Waals surface area contributed by atoms with Gasteiger partial charge in [-0.1, -0.05) is 42.6 Å². The van der Waals surface area contributed by atoms with E-state index in [-0.39, 0.29) is 11.5 Å². The zero-order valence-corrected chi connectivity index (χ0v) is 17.1. The molecule has 0 aromatic rings. The smallest absolute Gasteiger partial charge is 0.164 e. The van der Waals surface area contributed by atoms with Crippen molar-refractivity contribution in [3.63, 3.8) is 0 Å². The van der Waals surface area contributed by atoms with Crippen LogP contribution in [0.15, 0.2) is 0 Å². The molecule has 0 aliphatic heterocycles.